The van der Waals surface area contributed by atoms with E-state index in [2.05, 4.69) is 9.97 Å². The first-order valence-corrected chi connectivity index (χ1v) is 8.71. The summed E-state index contributed by atoms with van der Waals surface area (Å²) in [6.07, 6.45) is -3.67. The molecule has 7 N–H and O–H groups in total. The predicted octanol–water partition coefficient (Wildman–Crippen LogP) is -2.19. The number of aliphatic hydroxyl groups excluding tert-OH is 3. The van der Waals surface area contributed by atoms with Crippen molar-refractivity contribution < 1.29 is 24.9 Å². The molecular formula is C14H17N5O6S. The summed E-state index contributed by atoms with van der Waals surface area (Å²) in [6.45, 7) is -0.562. The van der Waals surface area contributed by atoms with Gasteiger partial charge in [0.05, 0.1) is 17.6 Å². The number of carbonyl (C=O) groups is 1. The number of hydrogen-bond donors (Lipinski definition) is 5. The highest BCUT2D eigenvalue weighted by atomic mass is 32.2. The largest absolute Gasteiger partial charge is 0.394 e. The maximum Gasteiger partial charge on any atom is 0.255 e. The molecule has 3 heterocycles. The van der Waals surface area contributed by atoms with Crippen molar-refractivity contribution in [3.63, 3.8) is 0 Å². The van der Waals surface area contributed by atoms with Crippen LogP contribution in [0.25, 0.3) is 11.0 Å². The van der Waals surface area contributed by atoms with Crippen LogP contribution in [-0.4, -0.2) is 66.9 Å². The van der Waals surface area contributed by atoms with Gasteiger partial charge in [-0.25, -0.2) is 9.97 Å². The lowest BCUT2D eigenvalue weighted by atomic mass is 10.1. The molecule has 0 aromatic carbocycles. The Kier molecular flexibility index (Phi) is 4.86. The Hall–Kier alpha value is -2.25. The van der Waals surface area contributed by atoms with Crippen LogP contribution in [-0.2, 0) is 4.74 Å². The molecule has 2 aromatic heterocycles. The molecular weight excluding hydrogens is 366 g/mol. The minimum atomic E-state index is -1.51. The summed E-state index contributed by atoms with van der Waals surface area (Å²) in [4.78, 5) is 32.6. The van der Waals surface area contributed by atoms with Gasteiger partial charge >= 0.3 is 0 Å². The zero-order chi connectivity index (χ0) is 19.2. The van der Waals surface area contributed by atoms with Crippen molar-refractivity contribution in [1.29, 1.82) is 0 Å². The summed E-state index contributed by atoms with van der Waals surface area (Å²) in [5, 5.41) is 29.7. The van der Waals surface area contributed by atoms with Gasteiger partial charge in [-0.15, -0.1) is 0 Å². The van der Waals surface area contributed by atoms with Crippen LogP contribution in [0, 0.1) is 0 Å². The van der Waals surface area contributed by atoms with Crippen LogP contribution in [0.15, 0.2) is 16.0 Å². The first-order valence-electron chi connectivity index (χ1n) is 7.49. The van der Waals surface area contributed by atoms with Crippen LogP contribution in [0.1, 0.15) is 16.6 Å². The van der Waals surface area contributed by atoms with Crippen LogP contribution < -0.4 is 17.0 Å². The number of amides is 1. The molecule has 0 radical (unpaired) electrons. The second-order valence-electron chi connectivity index (χ2n) is 5.65. The van der Waals surface area contributed by atoms with Crippen LogP contribution in [0.3, 0.4) is 0 Å². The van der Waals surface area contributed by atoms with E-state index in [-0.39, 0.29) is 27.6 Å². The zero-order valence-corrected chi connectivity index (χ0v) is 14.4. The number of fused-ring (bicyclic) bond motifs is 1. The van der Waals surface area contributed by atoms with Crippen molar-refractivity contribution in [2.24, 2.45) is 5.73 Å². The predicted molar refractivity (Wildman–Crippen MR) is 91.5 cm³/mol. The van der Waals surface area contributed by atoms with Gasteiger partial charge in [-0.2, -0.15) is 0 Å². The van der Waals surface area contributed by atoms with Crippen molar-refractivity contribution in [3.8, 4) is 0 Å². The number of thioether (sulfide) groups is 1. The van der Waals surface area contributed by atoms with Crippen molar-refractivity contribution in [1.82, 2.24) is 14.5 Å². The third-order valence-corrected chi connectivity index (χ3v) is 4.67. The Morgan fingerprint density at radius 1 is 1.38 bits per heavy atom. The third kappa shape index (κ3) is 2.81. The molecule has 0 spiro atoms. The SMILES string of the molecule is CSc1nc(N)c2c(C(N)=O)cc(=O)n(C3OC(CO)C(O)C3O)c2n1. The molecule has 1 aliphatic heterocycles. The van der Waals surface area contributed by atoms with Crippen molar-refractivity contribution >= 4 is 34.5 Å². The molecule has 0 aliphatic carbocycles. The van der Waals surface area contributed by atoms with E-state index in [9.17, 15) is 24.9 Å². The molecule has 4 atom stereocenters. The number of carbonyl (C=O) groups excluding carboxylic acids is 1. The number of anilines is 1. The second kappa shape index (κ2) is 6.81. The number of nitrogens with two attached hydrogens (primary N) is 2. The van der Waals surface area contributed by atoms with Crippen LogP contribution >= 0.6 is 11.8 Å². The molecule has 26 heavy (non-hydrogen) atoms. The van der Waals surface area contributed by atoms with Gasteiger partial charge in [-0.1, -0.05) is 11.8 Å². The monoisotopic (exact) mass is 383 g/mol. The maximum atomic E-state index is 12.6. The highest BCUT2D eigenvalue weighted by Crippen LogP contribution is 2.32. The number of pyridine rings is 1. The fourth-order valence-electron chi connectivity index (χ4n) is 2.87. The molecule has 1 saturated heterocycles. The fraction of sp³-hybridized carbons (Fsp3) is 0.429. The summed E-state index contributed by atoms with van der Waals surface area (Å²) in [5.41, 5.74) is 10.3. The smallest absolute Gasteiger partial charge is 0.255 e. The summed E-state index contributed by atoms with van der Waals surface area (Å²) >= 11 is 1.15. The van der Waals surface area contributed by atoms with Crippen molar-refractivity contribution in [2.75, 3.05) is 18.6 Å². The van der Waals surface area contributed by atoms with Crippen LogP contribution in [0.2, 0.25) is 0 Å². The lowest BCUT2D eigenvalue weighted by Crippen LogP contribution is -2.36. The fourth-order valence-corrected chi connectivity index (χ4v) is 3.24. The van der Waals surface area contributed by atoms with E-state index in [1.54, 1.807) is 6.26 Å². The Labute approximate surface area is 150 Å². The van der Waals surface area contributed by atoms with Gasteiger partial charge < -0.3 is 31.5 Å². The molecule has 1 amide bonds. The van der Waals surface area contributed by atoms with E-state index >= 15 is 0 Å². The molecule has 140 valence electrons. The van der Waals surface area contributed by atoms with Gasteiger partial charge in [0.15, 0.2) is 17.0 Å². The zero-order valence-electron chi connectivity index (χ0n) is 13.6. The first-order chi connectivity index (χ1) is 12.3. The minimum absolute atomic E-state index is 0.0349. The standard InChI is InChI=1S/C14H17N5O6S/c1-26-14-17-10(15)7-4(11(16)24)2-6(21)19(12(7)18-14)13-9(23)8(22)5(3-20)25-13/h2,5,8-9,13,20,22-23H,3H2,1H3,(H2,16,24)(H2,15,17,18). The molecule has 0 bridgehead atoms. The van der Waals surface area contributed by atoms with Gasteiger partial charge in [-0.05, 0) is 6.26 Å². The lowest BCUT2D eigenvalue weighted by molar-refractivity contribution is -0.0524. The van der Waals surface area contributed by atoms with Crippen LogP contribution in [0.4, 0.5) is 5.82 Å². The molecule has 12 heteroatoms. The number of ether oxygens (including phenoxy) is 1. The van der Waals surface area contributed by atoms with Gasteiger partial charge in [-0.3, -0.25) is 14.2 Å². The molecule has 2 aromatic rings. The molecule has 3 rings (SSSR count). The van der Waals surface area contributed by atoms with E-state index in [0.29, 0.717) is 0 Å². The van der Waals surface area contributed by atoms with Gasteiger partial charge in [0.2, 0.25) is 5.91 Å². The van der Waals surface area contributed by atoms with E-state index in [1.165, 1.54) is 0 Å². The van der Waals surface area contributed by atoms with Crippen molar-refractivity contribution in [3.05, 3.63) is 22.0 Å². The highest BCUT2D eigenvalue weighted by molar-refractivity contribution is 7.98. The third-order valence-electron chi connectivity index (χ3n) is 4.12. The molecule has 1 aliphatic rings. The quantitative estimate of drug-likeness (QED) is 0.286. The Bertz CT molecular complexity index is 934. The molecule has 4 unspecified atom stereocenters. The van der Waals surface area contributed by atoms with Gasteiger partial charge in [0.25, 0.3) is 5.56 Å². The number of hydrogen-bond acceptors (Lipinski definition) is 10. The average molecular weight is 383 g/mol. The van der Waals surface area contributed by atoms with E-state index in [1.807, 2.05) is 0 Å². The van der Waals surface area contributed by atoms with Crippen molar-refractivity contribution in [2.45, 2.75) is 29.7 Å². The maximum absolute atomic E-state index is 12.6. The van der Waals surface area contributed by atoms with E-state index in [4.69, 9.17) is 16.2 Å². The Morgan fingerprint density at radius 2 is 2.08 bits per heavy atom. The van der Waals surface area contributed by atoms with Gasteiger partial charge in [0.1, 0.15) is 24.1 Å². The second-order valence-corrected chi connectivity index (χ2v) is 6.43. The molecule has 1 fully saturated rings. The Morgan fingerprint density at radius 3 is 2.62 bits per heavy atom. The highest BCUT2D eigenvalue weighted by Gasteiger charge is 2.44. The number of aliphatic hydroxyl groups is 3. The van der Waals surface area contributed by atoms with E-state index in [0.717, 1.165) is 22.4 Å². The first kappa shape index (κ1) is 18.5. The van der Waals surface area contributed by atoms with Crippen LogP contribution in [0.5, 0.6) is 0 Å². The number of nitrogens with zero attached hydrogens (tertiary/aromatic N) is 3. The summed E-state index contributed by atoms with van der Waals surface area (Å²) in [5.74, 6) is -0.971. The summed E-state index contributed by atoms with van der Waals surface area (Å²) in [7, 11) is 0. The Balaban J connectivity index is 2.34. The number of rotatable bonds is 4. The number of nitrogen functional groups attached to an aromatic ring is 1. The van der Waals surface area contributed by atoms with Gasteiger partial charge in [0, 0.05) is 6.07 Å². The summed E-state index contributed by atoms with van der Waals surface area (Å²) < 4.78 is 6.37. The summed E-state index contributed by atoms with van der Waals surface area (Å²) in [6, 6.07) is 0.942. The van der Waals surface area contributed by atoms with E-state index < -0.39 is 42.6 Å². The average Bonchev–Trinajstić information content (AvgIpc) is 2.88. The number of aromatic nitrogens is 3. The lowest BCUT2D eigenvalue weighted by Gasteiger charge is -2.20. The number of primary amides is 1. The topological polar surface area (TPSA) is 187 Å². The molecule has 0 saturated carbocycles. The normalized spacial score (nSPS) is 25.7. The molecule has 11 nitrogen and oxygen atoms in total. The minimum Gasteiger partial charge on any atom is -0.394 e.